The van der Waals surface area contributed by atoms with E-state index in [0.717, 1.165) is 22.4 Å². The van der Waals surface area contributed by atoms with Crippen LogP contribution in [-0.4, -0.2) is 39.4 Å². The van der Waals surface area contributed by atoms with Crippen molar-refractivity contribution in [3.8, 4) is 0 Å². The molecule has 0 unspecified atom stereocenters. The predicted octanol–water partition coefficient (Wildman–Crippen LogP) is 2.95. The molecule has 0 radical (unpaired) electrons. The first-order valence-electron chi connectivity index (χ1n) is 8.40. The molecule has 2 aromatic carbocycles. The van der Waals surface area contributed by atoms with Crippen molar-refractivity contribution in [3.05, 3.63) is 65.5 Å². The third-order valence-electron chi connectivity index (χ3n) is 3.90. The van der Waals surface area contributed by atoms with Crippen LogP contribution in [0.4, 0.5) is 10.1 Å². The lowest BCUT2D eigenvalue weighted by Gasteiger charge is -2.22. The Morgan fingerprint density at radius 3 is 2.48 bits per heavy atom. The molecule has 0 heterocycles. The summed E-state index contributed by atoms with van der Waals surface area (Å²) in [7, 11) is -3.78. The normalized spacial score (nSPS) is 11.2. The Hall–Kier alpha value is -2.06. The molecule has 0 aliphatic carbocycles. The molecule has 27 heavy (non-hydrogen) atoms. The minimum absolute atomic E-state index is 0.135. The van der Waals surface area contributed by atoms with E-state index in [9.17, 15) is 17.6 Å². The standard InChI is InChI=1S/C19H23FN2O3S2/c1-15-7-3-4-8-16(15)14-26-12-11-21-19(23)13-22(27(2,24)25)18-10-6-5-9-17(18)20/h3-10H,11-14H2,1-2H3,(H,21,23). The van der Waals surface area contributed by atoms with Crippen LogP contribution in [-0.2, 0) is 20.6 Å². The van der Waals surface area contributed by atoms with Crippen LogP contribution in [0.1, 0.15) is 11.1 Å². The molecule has 146 valence electrons. The molecule has 0 fully saturated rings. The minimum atomic E-state index is -3.78. The van der Waals surface area contributed by atoms with Gasteiger partial charge in [-0.15, -0.1) is 0 Å². The molecule has 2 aromatic rings. The summed E-state index contributed by atoms with van der Waals surface area (Å²) in [5.74, 6) is 0.371. The largest absolute Gasteiger partial charge is 0.354 e. The van der Waals surface area contributed by atoms with Gasteiger partial charge in [0.15, 0.2) is 0 Å². The molecule has 0 aliphatic rings. The third-order valence-corrected chi connectivity index (χ3v) is 6.03. The fraction of sp³-hybridized carbons (Fsp3) is 0.316. The van der Waals surface area contributed by atoms with Crippen molar-refractivity contribution < 1.29 is 17.6 Å². The summed E-state index contributed by atoms with van der Waals surface area (Å²) in [5, 5.41) is 2.69. The van der Waals surface area contributed by atoms with Gasteiger partial charge in [0, 0.05) is 18.1 Å². The number of halogens is 1. The highest BCUT2D eigenvalue weighted by molar-refractivity contribution is 7.98. The highest BCUT2D eigenvalue weighted by atomic mass is 32.2. The number of amides is 1. The Morgan fingerprint density at radius 1 is 1.15 bits per heavy atom. The minimum Gasteiger partial charge on any atom is -0.354 e. The third kappa shape index (κ3) is 6.55. The van der Waals surface area contributed by atoms with E-state index >= 15 is 0 Å². The predicted molar refractivity (Wildman–Crippen MR) is 109 cm³/mol. The van der Waals surface area contributed by atoms with Gasteiger partial charge >= 0.3 is 0 Å². The Bertz CT molecular complexity index is 888. The first-order chi connectivity index (χ1) is 12.8. The van der Waals surface area contributed by atoms with Gasteiger partial charge in [0.05, 0.1) is 11.9 Å². The molecular formula is C19H23FN2O3S2. The smallest absolute Gasteiger partial charge is 0.240 e. The second kappa shape index (κ2) is 9.75. The van der Waals surface area contributed by atoms with Crippen molar-refractivity contribution in [2.75, 3.05) is 29.4 Å². The van der Waals surface area contributed by atoms with Gasteiger partial charge in [-0.05, 0) is 30.2 Å². The fourth-order valence-corrected chi connectivity index (χ4v) is 4.23. The molecule has 0 atom stereocenters. The number of carbonyl (C=O) groups is 1. The zero-order valence-corrected chi connectivity index (χ0v) is 16.9. The van der Waals surface area contributed by atoms with E-state index < -0.39 is 28.3 Å². The number of para-hydroxylation sites is 1. The maximum atomic E-state index is 13.9. The number of rotatable bonds is 9. The van der Waals surface area contributed by atoms with E-state index in [1.54, 1.807) is 11.8 Å². The summed E-state index contributed by atoms with van der Waals surface area (Å²) >= 11 is 1.68. The molecular weight excluding hydrogens is 387 g/mol. The van der Waals surface area contributed by atoms with Crippen LogP contribution in [0.15, 0.2) is 48.5 Å². The molecule has 0 saturated carbocycles. The Kier molecular flexibility index (Phi) is 7.67. The van der Waals surface area contributed by atoms with Crippen molar-refractivity contribution in [1.82, 2.24) is 5.32 Å². The van der Waals surface area contributed by atoms with Crippen LogP contribution >= 0.6 is 11.8 Å². The SMILES string of the molecule is Cc1ccccc1CSCCNC(=O)CN(c1ccccc1F)S(C)(=O)=O. The lowest BCUT2D eigenvalue weighted by Crippen LogP contribution is -2.41. The number of hydrogen-bond acceptors (Lipinski definition) is 4. The van der Waals surface area contributed by atoms with Crippen LogP contribution < -0.4 is 9.62 Å². The molecule has 0 saturated heterocycles. The highest BCUT2D eigenvalue weighted by Gasteiger charge is 2.23. The second-order valence-electron chi connectivity index (χ2n) is 6.05. The summed E-state index contributed by atoms with van der Waals surface area (Å²) in [6.07, 6.45) is 0.949. The van der Waals surface area contributed by atoms with E-state index in [1.807, 2.05) is 12.1 Å². The van der Waals surface area contributed by atoms with Crippen LogP contribution in [0.25, 0.3) is 0 Å². The zero-order chi connectivity index (χ0) is 19.9. The van der Waals surface area contributed by atoms with Crippen molar-refractivity contribution >= 4 is 33.4 Å². The van der Waals surface area contributed by atoms with E-state index in [2.05, 4.69) is 24.4 Å². The molecule has 5 nitrogen and oxygen atoms in total. The fourth-order valence-electron chi connectivity index (χ4n) is 2.44. The maximum Gasteiger partial charge on any atom is 0.240 e. The van der Waals surface area contributed by atoms with Gasteiger partial charge in [0.1, 0.15) is 12.4 Å². The molecule has 0 spiro atoms. The van der Waals surface area contributed by atoms with Gasteiger partial charge < -0.3 is 5.32 Å². The molecule has 8 heteroatoms. The van der Waals surface area contributed by atoms with Crippen LogP contribution in [0.3, 0.4) is 0 Å². The van der Waals surface area contributed by atoms with Crippen LogP contribution in [0.5, 0.6) is 0 Å². The molecule has 1 N–H and O–H groups in total. The van der Waals surface area contributed by atoms with Crippen molar-refractivity contribution in [2.24, 2.45) is 0 Å². The number of thioether (sulfide) groups is 1. The summed E-state index contributed by atoms with van der Waals surface area (Å²) in [6, 6.07) is 13.6. The van der Waals surface area contributed by atoms with Crippen molar-refractivity contribution in [1.29, 1.82) is 0 Å². The number of hydrogen-bond donors (Lipinski definition) is 1. The molecule has 0 aliphatic heterocycles. The highest BCUT2D eigenvalue weighted by Crippen LogP contribution is 2.21. The number of aryl methyl sites for hydroxylation is 1. The van der Waals surface area contributed by atoms with E-state index in [-0.39, 0.29) is 5.69 Å². The monoisotopic (exact) mass is 410 g/mol. The summed E-state index contributed by atoms with van der Waals surface area (Å²) in [5.41, 5.74) is 2.34. The molecule has 2 rings (SSSR count). The van der Waals surface area contributed by atoms with E-state index in [4.69, 9.17) is 0 Å². The molecule has 1 amide bonds. The van der Waals surface area contributed by atoms with Gasteiger partial charge in [-0.2, -0.15) is 11.8 Å². The van der Waals surface area contributed by atoms with E-state index in [0.29, 0.717) is 12.3 Å². The van der Waals surface area contributed by atoms with Gasteiger partial charge in [0.25, 0.3) is 0 Å². The lowest BCUT2D eigenvalue weighted by atomic mass is 10.1. The summed E-state index contributed by atoms with van der Waals surface area (Å²) in [4.78, 5) is 12.1. The first kappa shape index (κ1) is 21.2. The van der Waals surface area contributed by atoms with Crippen LogP contribution in [0.2, 0.25) is 0 Å². The average molecular weight is 411 g/mol. The topological polar surface area (TPSA) is 66.5 Å². The summed E-state index contributed by atoms with van der Waals surface area (Å²) < 4.78 is 38.6. The van der Waals surface area contributed by atoms with Gasteiger partial charge in [-0.3, -0.25) is 9.10 Å². The first-order valence-corrected chi connectivity index (χ1v) is 11.4. The average Bonchev–Trinajstić information content (AvgIpc) is 2.61. The Morgan fingerprint density at radius 2 is 1.81 bits per heavy atom. The van der Waals surface area contributed by atoms with Gasteiger partial charge in [-0.25, -0.2) is 12.8 Å². The number of nitrogens with zero attached hydrogens (tertiary/aromatic N) is 1. The molecule has 0 aromatic heterocycles. The quantitative estimate of drug-likeness (QED) is 0.646. The maximum absolute atomic E-state index is 13.9. The van der Waals surface area contributed by atoms with Crippen molar-refractivity contribution in [2.45, 2.75) is 12.7 Å². The zero-order valence-electron chi connectivity index (χ0n) is 15.3. The number of anilines is 1. The number of sulfonamides is 1. The summed E-state index contributed by atoms with van der Waals surface area (Å²) in [6.45, 7) is 2.01. The Balaban J connectivity index is 1.84. The number of carbonyl (C=O) groups excluding carboxylic acids is 1. The second-order valence-corrected chi connectivity index (χ2v) is 9.06. The lowest BCUT2D eigenvalue weighted by molar-refractivity contribution is -0.119. The van der Waals surface area contributed by atoms with Crippen molar-refractivity contribution in [3.63, 3.8) is 0 Å². The number of benzene rings is 2. The molecule has 0 bridgehead atoms. The Labute approximate surface area is 164 Å². The van der Waals surface area contributed by atoms with Crippen LogP contribution in [0, 0.1) is 12.7 Å². The van der Waals surface area contributed by atoms with E-state index in [1.165, 1.54) is 29.3 Å². The van der Waals surface area contributed by atoms with Gasteiger partial charge in [0.2, 0.25) is 15.9 Å². The van der Waals surface area contributed by atoms with Gasteiger partial charge in [-0.1, -0.05) is 36.4 Å². The number of nitrogens with one attached hydrogen (secondary N) is 1.